The predicted molar refractivity (Wildman–Crippen MR) is 97.9 cm³/mol. The number of rotatable bonds is 10. The van der Waals surface area contributed by atoms with Crippen molar-refractivity contribution in [3.05, 3.63) is 54.1 Å². The molecule has 24 heavy (non-hydrogen) atoms. The molecule has 0 unspecified atom stereocenters. The molecule has 0 aliphatic heterocycles. The van der Waals surface area contributed by atoms with Gasteiger partial charge in [-0.2, -0.15) is 0 Å². The summed E-state index contributed by atoms with van der Waals surface area (Å²) in [6.45, 7) is 6.82. The van der Waals surface area contributed by atoms with Gasteiger partial charge < -0.3 is 19.5 Å². The summed E-state index contributed by atoms with van der Waals surface area (Å²) in [6, 6.07) is 16.1. The highest BCUT2D eigenvalue weighted by Crippen LogP contribution is 2.22. The molecule has 0 aromatic heterocycles. The minimum atomic E-state index is 0.512. The van der Waals surface area contributed by atoms with Crippen LogP contribution in [0.25, 0.3) is 0 Å². The molecular weight excluding hydrogens is 302 g/mol. The monoisotopic (exact) mass is 329 g/mol. The zero-order valence-electron chi connectivity index (χ0n) is 14.7. The number of nitrogens with one attached hydrogen (secondary N) is 1. The number of hydrogen-bond donors (Lipinski definition) is 1. The van der Waals surface area contributed by atoms with Gasteiger partial charge in [0.25, 0.3) is 0 Å². The summed E-state index contributed by atoms with van der Waals surface area (Å²) in [6.07, 6.45) is 0. The Morgan fingerprint density at radius 1 is 0.958 bits per heavy atom. The van der Waals surface area contributed by atoms with Crippen LogP contribution < -0.4 is 14.8 Å². The van der Waals surface area contributed by atoms with E-state index in [1.807, 2.05) is 42.5 Å². The molecule has 0 radical (unpaired) electrons. The summed E-state index contributed by atoms with van der Waals surface area (Å²) in [4.78, 5) is 0. The lowest BCUT2D eigenvalue weighted by Crippen LogP contribution is -2.08. The summed E-state index contributed by atoms with van der Waals surface area (Å²) in [7, 11) is 1.67. The summed E-state index contributed by atoms with van der Waals surface area (Å²) < 4.78 is 16.6. The van der Waals surface area contributed by atoms with Crippen molar-refractivity contribution in [1.82, 2.24) is 0 Å². The lowest BCUT2D eigenvalue weighted by molar-refractivity contribution is 0.146. The molecule has 0 heterocycles. The first-order valence-corrected chi connectivity index (χ1v) is 8.35. The van der Waals surface area contributed by atoms with Crippen LogP contribution in [-0.4, -0.2) is 26.9 Å². The van der Waals surface area contributed by atoms with E-state index in [0.717, 1.165) is 29.4 Å². The fourth-order valence-electron chi connectivity index (χ4n) is 2.18. The average Bonchev–Trinajstić information content (AvgIpc) is 2.60. The highest BCUT2D eigenvalue weighted by molar-refractivity contribution is 5.49. The van der Waals surface area contributed by atoms with Crippen LogP contribution in [0.15, 0.2) is 48.5 Å². The van der Waals surface area contributed by atoms with Gasteiger partial charge in [-0.1, -0.05) is 38.1 Å². The van der Waals surface area contributed by atoms with Crippen LogP contribution in [0.5, 0.6) is 11.5 Å². The van der Waals surface area contributed by atoms with Gasteiger partial charge in [-0.25, -0.2) is 0 Å². The van der Waals surface area contributed by atoms with Gasteiger partial charge in [-0.05, 0) is 24.1 Å². The molecule has 1 N–H and O–H groups in total. The summed E-state index contributed by atoms with van der Waals surface area (Å²) in [5, 5.41) is 3.43. The zero-order valence-corrected chi connectivity index (χ0v) is 14.7. The van der Waals surface area contributed by atoms with Crippen LogP contribution >= 0.6 is 0 Å². The molecule has 0 saturated heterocycles. The number of benzene rings is 2. The van der Waals surface area contributed by atoms with Crippen LogP contribution in [0.3, 0.4) is 0 Å². The van der Waals surface area contributed by atoms with Gasteiger partial charge in [0.15, 0.2) is 0 Å². The largest absolute Gasteiger partial charge is 0.493 e. The van der Waals surface area contributed by atoms with E-state index in [1.165, 1.54) is 0 Å². The Kier molecular flexibility index (Phi) is 7.43. The molecule has 0 aliphatic carbocycles. The molecule has 0 atom stereocenters. The van der Waals surface area contributed by atoms with E-state index < -0.39 is 0 Å². The van der Waals surface area contributed by atoms with Crippen LogP contribution in [-0.2, 0) is 11.3 Å². The highest BCUT2D eigenvalue weighted by Gasteiger charge is 2.04. The van der Waals surface area contributed by atoms with Gasteiger partial charge in [0.1, 0.15) is 18.1 Å². The molecule has 0 aliphatic rings. The topological polar surface area (TPSA) is 39.7 Å². The Hall–Kier alpha value is -2.20. The standard InChI is InChI=1S/C20H27NO3/c1-16(2)15-24-19-9-6-8-18(13-19)21-14-17-7-4-5-10-20(17)23-12-11-22-3/h4-10,13,16,21H,11-12,14-15H2,1-3H3. The average molecular weight is 329 g/mol. The Morgan fingerprint density at radius 2 is 1.79 bits per heavy atom. The molecule has 2 aromatic carbocycles. The quantitative estimate of drug-likeness (QED) is 0.658. The second kappa shape index (κ2) is 9.83. The molecule has 2 aromatic rings. The molecule has 0 spiro atoms. The fourth-order valence-corrected chi connectivity index (χ4v) is 2.18. The Morgan fingerprint density at radius 3 is 2.58 bits per heavy atom. The lowest BCUT2D eigenvalue weighted by Gasteiger charge is -2.14. The first-order chi connectivity index (χ1) is 11.7. The Balaban J connectivity index is 1.94. The van der Waals surface area contributed by atoms with Crippen LogP contribution in [0, 0.1) is 5.92 Å². The minimum Gasteiger partial charge on any atom is -0.493 e. The SMILES string of the molecule is COCCOc1ccccc1CNc1cccc(OCC(C)C)c1. The number of anilines is 1. The maximum absolute atomic E-state index is 5.77. The van der Waals surface area contributed by atoms with Gasteiger partial charge in [0, 0.05) is 31.0 Å². The molecule has 4 nitrogen and oxygen atoms in total. The van der Waals surface area contributed by atoms with Gasteiger partial charge in [-0.15, -0.1) is 0 Å². The normalized spacial score (nSPS) is 10.7. The van der Waals surface area contributed by atoms with E-state index in [4.69, 9.17) is 14.2 Å². The number of hydrogen-bond acceptors (Lipinski definition) is 4. The highest BCUT2D eigenvalue weighted by atomic mass is 16.5. The molecule has 0 bridgehead atoms. The Bertz CT molecular complexity index is 613. The van der Waals surface area contributed by atoms with Crippen LogP contribution in [0.1, 0.15) is 19.4 Å². The van der Waals surface area contributed by atoms with Gasteiger partial charge >= 0.3 is 0 Å². The minimum absolute atomic E-state index is 0.512. The van der Waals surface area contributed by atoms with Crippen LogP contribution in [0.2, 0.25) is 0 Å². The third-order valence-electron chi connectivity index (χ3n) is 3.42. The van der Waals surface area contributed by atoms with E-state index in [0.29, 0.717) is 25.7 Å². The molecular formula is C20H27NO3. The second-order valence-electron chi connectivity index (χ2n) is 6.04. The van der Waals surface area contributed by atoms with Crippen molar-refractivity contribution in [2.45, 2.75) is 20.4 Å². The second-order valence-corrected chi connectivity index (χ2v) is 6.04. The lowest BCUT2D eigenvalue weighted by atomic mass is 10.2. The van der Waals surface area contributed by atoms with E-state index in [-0.39, 0.29) is 0 Å². The molecule has 0 fully saturated rings. The van der Waals surface area contributed by atoms with Crippen molar-refractivity contribution in [2.24, 2.45) is 5.92 Å². The van der Waals surface area contributed by atoms with Gasteiger partial charge in [0.2, 0.25) is 0 Å². The van der Waals surface area contributed by atoms with E-state index in [9.17, 15) is 0 Å². The number of para-hydroxylation sites is 1. The van der Waals surface area contributed by atoms with Gasteiger partial charge in [0.05, 0.1) is 13.2 Å². The van der Waals surface area contributed by atoms with Crippen molar-refractivity contribution >= 4 is 5.69 Å². The molecule has 0 amide bonds. The Labute approximate surface area is 144 Å². The molecule has 2 rings (SSSR count). The first-order valence-electron chi connectivity index (χ1n) is 8.35. The van der Waals surface area contributed by atoms with Crippen molar-refractivity contribution in [3.8, 4) is 11.5 Å². The van der Waals surface area contributed by atoms with Crippen LogP contribution in [0.4, 0.5) is 5.69 Å². The van der Waals surface area contributed by atoms with E-state index in [1.54, 1.807) is 7.11 Å². The predicted octanol–water partition coefficient (Wildman–Crippen LogP) is 4.36. The first kappa shape index (κ1) is 18.1. The maximum atomic E-state index is 5.77. The molecule has 130 valence electrons. The zero-order chi connectivity index (χ0) is 17.2. The van der Waals surface area contributed by atoms with E-state index >= 15 is 0 Å². The smallest absolute Gasteiger partial charge is 0.124 e. The van der Waals surface area contributed by atoms with Crippen molar-refractivity contribution in [2.75, 3.05) is 32.2 Å². The number of methoxy groups -OCH3 is 1. The molecule has 0 saturated carbocycles. The summed E-state index contributed by atoms with van der Waals surface area (Å²) in [5.41, 5.74) is 2.14. The van der Waals surface area contributed by atoms with Crippen molar-refractivity contribution in [1.29, 1.82) is 0 Å². The van der Waals surface area contributed by atoms with Crippen molar-refractivity contribution < 1.29 is 14.2 Å². The molecule has 4 heteroatoms. The summed E-state index contributed by atoms with van der Waals surface area (Å²) >= 11 is 0. The summed E-state index contributed by atoms with van der Waals surface area (Å²) in [5.74, 6) is 2.28. The van der Waals surface area contributed by atoms with E-state index in [2.05, 4.69) is 25.2 Å². The van der Waals surface area contributed by atoms with Gasteiger partial charge in [-0.3, -0.25) is 0 Å². The third kappa shape index (κ3) is 6.13. The van der Waals surface area contributed by atoms with Crippen molar-refractivity contribution in [3.63, 3.8) is 0 Å². The fraction of sp³-hybridized carbons (Fsp3) is 0.400. The maximum Gasteiger partial charge on any atom is 0.124 e. The third-order valence-corrected chi connectivity index (χ3v) is 3.42. The number of ether oxygens (including phenoxy) is 3.